The van der Waals surface area contributed by atoms with Crippen molar-refractivity contribution in [1.82, 2.24) is 4.90 Å². The third-order valence-electron chi connectivity index (χ3n) is 2.31. The first-order chi connectivity index (χ1) is 5.70. The lowest BCUT2D eigenvalue weighted by Crippen LogP contribution is -2.25. The van der Waals surface area contributed by atoms with E-state index in [1.807, 2.05) is 0 Å². The topological polar surface area (TPSA) is 29.3 Å². The molecule has 0 aliphatic rings. The lowest BCUT2D eigenvalue weighted by atomic mass is 10.1. The Morgan fingerprint density at radius 2 is 2.00 bits per heavy atom. The van der Waals surface area contributed by atoms with Gasteiger partial charge in [0.05, 0.1) is 0 Å². The van der Waals surface area contributed by atoms with Crippen LogP contribution in [-0.4, -0.2) is 31.6 Å². The van der Waals surface area contributed by atoms with Gasteiger partial charge in [-0.05, 0) is 38.9 Å². The summed E-state index contributed by atoms with van der Waals surface area (Å²) in [6.07, 6.45) is 3.68. The molecule has 0 saturated heterocycles. The van der Waals surface area contributed by atoms with Gasteiger partial charge in [0.15, 0.2) is 0 Å². The molecule has 1 atom stereocenters. The highest BCUT2D eigenvalue weighted by atomic mass is 15.1. The summed E-state index contributed by atoms with van der Waals surface area (Å²) in [7, 11) is 2.20. The maximum Gasteiger partial charge on any atom is 0.000387 e. The van der Waals surface area contributed by atoms with Gasteiger partial charge in [-0.1, -0.05) is 20.3 Å². The van der Waals surface area contributed by atoms with Gasteiger partial charge in [0.25, 0.3) is 0 Å². The van der Waals surface area contributed by atoms with Gasteiger partial charge in [-0.3, -0.25) is 0 Å². The van der Waals surface area contributed by atoms with Gasteiger partial charge < -0.3 is 10.6 Å². The van der Waals surface area contributed by atoms with Crippen LogP contribution in [0, 0.1) is 5.92 Å². The van der Waals surface area contributed by atoms with Crippen molar-refractivity contribution in [2.75, 3.05) is 26.7 Å². The van der Waals surface area contributed by atoms with Crippen LogP contribution < -0.4 is 5.73 Å². The molecule has 12 heavy (non-hydrogen) atoms. The molecule has 0 spiro atoms. The van der Waals surface area contributed by atoms with E-state index in [1.54, 1.807) is 0 Å². The Hall–Kier alpha value is -0.0800. The van der Waals surface area contributed by atoms with Crippen molar-refractivity contribution in [3.8, 4) is 0 Å². The summed E-state index contributed by atoms with van der Waals surface area (Å²) in [5.74, 6) is 0.827. The number of hydrogen-bond acceptors (Lipinski definition) is 2. The van der Waals surface area contributed by atoms with Crippen LogP contribution in [-0.2, 0) is 0 Å². The number of nitrogens with zero attached hydrogens (tertiary/aromatic N) is 1. The molecular formula is C10H24N2. The molecule has 0 aliphatic heterocycles. The van der Waals surface area contributed by atoms with Crippen molar-refractivity contribution < 1.29 is 0 Å². The summed E-state index contributed by atoms with van der Waals surface area (Å²) in [5.41, 5.74) is 5.42. The van der Waals surface area contributed by atoms with Crippen molar-refractivity contribution in [1.29, 1.82) is 0 Å². The minimum Gasteiger partial charge on any atom is -0.330 e. The highest BCUT2D eigenvalue weighted by Gasteiger charge is 2.02. The molecule has 0 amide bonds. The largest absolute Gasteiger partial charge is 0.330 e. The molecule has 0 aliphatic carbocycles. The number of unbranched alkanes of at least 4 members (excludes halogenated alkanes) is 1. The standard InChI is InChI=1S/C10H24N2/c1-4-10(2)9-12(3)8-6-5-7-11/h10H,4-9,11H2,1-3H3. The van der Waals surface area contributed by atoms with Crippen molar-refractivity contribution in [3.63, 3.8) is 0 Å². The van der Waals surface area contributed by atoms with Gasteiger partial charge in [0.2, 0.25) is 0 Å². The minimum absolute atomic E-state index is 0.827. The van der Waals surface area contributed by atoms with Crippen LogP contribution >= 0.6 is 0 Å². The van der Waals surface area contributed by atoms with E-state index < -0.39 is 0 Å². The van der Waals surface area contributed by atoms with Crippen LogP contribution in [0.4, 0.5) is 0 Å². The fourth-order valence-electron chi connectivity index (χ4n) is 1.28. The van der Waals surface area contributed by atoms with Crippen LogP contribution in [0.5, 0.6) is 0 Å². The summed E-state index contributed by atoms with van der Waals surface area (Å²) >= 11 is 0. The van der Waals surface area contributed by atoms with Crippen LogP contribution in [0.25, 0.3) is 0 Å². The maximum absolute atomic E-state index is 5.42. The second-order valence-electron chi connectivity index (χ2n) is 3.77. The molecular weight excluding hydrogens is 148 g/mol. The van der Waals surface area contributed by atoms with E-state index in [0.717, 1.165) is 18.9 Å². The average Bonchev–Trinajstić information content (AvgIpc) is 2.05. The van der Waals surface area contributed by atoms with Crippen LogP contribution in [0.2, 0.25) is 0 Å². The van der Waals surface area contributed by atoms with E-state index >= 15 is 0 Å². The van der Waals surface area contributed by atoms with E-state index in [4.69, 9.17) is 5.73 Å². The lowest BCUT2D eigenvalue weighted by Gasteiger charge is -2.19. The van der Waals surface area contributed by atoms with Crippen molar-refractivity contribution >= 4 is 0 Å². The minimum atomic E-state index is 0.827. The molecule has 2 nitrogen and oxygen atoms in total. The molecule has 0 heterocycles. The third-order valence-corrected chi connectivity index (χ3v) is 2.31. The zero-order valence-corrected chi connectivity index (χ0v) is 8.84. The SMILES string of the molecule is CCC(C)CN(C)CCCCN. The number of rotatable bonds is 7. The summed E-state index contributed by atoms with van der Waals surface area (Å²) in [6.45, 7) is 7.80. The summed E-state index contributed by atoms with van der Waals surface area (Å²) in [6, 6.07) is 0. The average molecular weight is 172 g/mol. The summed E-state index contributed by atoms with van der Waals surface area (Å²) < 4.78 is 0. The Morgan fingerprint density at radius 1 is 1.33 bits per heavy atom. The van der Waals surface area contributed by atoms with Gasteiger partial charge in [-0.2, -0.15) is 0 Å². The van der Waals surface area contributed by atoms with E-state index in [2.05, 4.69) is 25.8 Å². The van der Waals surface area contributed by atoms with E-state index in [-0.39, 0.29) is 0 Å². The van der Waals surface area contributed by atoms with Gasteiger partial charge in [-0.25, -0.2) is 0 Å². The zero-order valence-electron chi connectivity index (χ0n) is 8.84. The molecule has 1 unspecified atom stereocenters. The zero-order chi connectivity index (χ0) is 9.40. The van der Waals surface area contributed by atoms with E-state index in [1.165, 1.54) is 25.9 Å². The predicted molar refractivity (Wildman–Crippen MR) is 55.2 cm³/mol. The Balaban J connectivity index is 3.26. The Morgan fingerprint density at radius 3 is 2.50 bits per heavy atom. The molecule has 0 bridgehead atoms. The Bertz CT molecular complexity index is 93.8. The van der Waals surface area contributed by atoms with Gasteiger partial charge in [-0.15, -0.1) is 0 Å². The fourth-order valence-corrected chi connectivity index (χ4v) is 1.28. The molecule has 2 N–H and O–H groups in total. The quantitative estimate of drug-likeness (QED) is 0.592. The van der Waals surface area contributed by atoms with Crippen LogP contribution in [0.15, 0.2) is 0 Å². The number of nitrogens with two attached hydrogens (primary N) is 1. The second kappa shape index (κ2) is 7.56. The lowest BCUT2D eigenvalue weighted by molar-refractivity contribution is 0.277. The van der Waals surface area contributed by atoms with Gasteiger partial charge in [0, 0.05) is 6.54 Å². The first kappa shape index (κ1) is 11.9. The molecule has 0 aromatic rings. The predicted octanol–water partition coefficient (Wildman–Crippen LogP) is 1.70. The monoisotopic (exact) mass is 172 g/mol. The van der Waals surface area contributed by atoms with E-state index in [9.17, 15) is 0 Å². The van der Waals surface area contributed by atoms with Gasteiger partial charge in [0.1, 0.15) is 0 Å². The molecule has 2 heteroatoms. The van der Waals surface area contributed by atoms with E-state index in [0.29, 0.717) is 0 Å². The van der Waals surface area contributed by atoms with Gasteiger partial charge >= 0.3 is 0 Å². The maximum atomic E-state index is 5.42. The smallest absolute Gasteiger partial charge is 0.000387 e. The van der Waals surface area contributed by atoms with Crippen LogP contribution in [0.1, 0.15) is 33.1 Å². The second-order valence-corrected chi connectivity index (χ2v) is 3.77. The molecule has 74 valence electrons. The fraction of sp³-hybridized carbons (Fsp3) is 1.00. The molecule has 0 radical (unpaired) electrons. The molecule has 0 fully saturated rings. The molecule has 0 aromatic carbocycles. The summed E-state index contributed by atoms with van der Waals surface area (Å²) in [4.78, 5) is 2.41. The van der Waals surface area contributed by atoms with Crippen molar-refractivity contribution in [2.24, 2.45) is 11.7 Å². The molecule has 0 rings (SSSR count). The Kier molecular flexibility index (Phi) is 7.51. The van der Waals surface area contributed by atoms with Crippen LogP contribution in [0.3, 0.4) is 0 Å². The summed E-state index contributed by atoms with van der Waals surface area (Å²) in [5, 5.41) is 0. The normalized spacial score (nSPS) is 13.8. The number of hydrogen-bond donors (Lipinski definition) is 1. The van der Waals surface area contributed by atoms with Crippen molar-refractivity contribution in [2.45, 2.75) is 33.1 Å². The highest BCUT2D eigenvalue weighted by Crippen LogP contribution is 2.03. The molecule has 0 saturated carbocycles. The highest BCUT2D eigenvalue weighted by molar-refractivity contribution is 4.57. The third kappa shape index (κ3) is 6.62. The Labute approximate surface area is 77.1 Å². The first-order valence-electron chi connectivity index (χ1n) is 5.09. The molecule has 0 aromatic heterocycles. The van der Waals surface area contributed by atoms with Crippen molar-refractivity contribution in [3.05, 3.63) is 0 Å². The first-order valence-corrected chi connectivity index (χ1v) is 5.09.